The number of carbonyl (C=O) groups is 2. The highest BCUT2D eigenvalue weighted by atomic mass is 35.5. The van der Waals surface area contributed by atoms with Crippen LogP contribution >= 0.6 is 18.7 Å². The molecule has 2 saturated heterocycles. The maximum absolute atomic E-state index is 14.2. The van der Waals surface area contributed by atoms with Gasteiger partial charge < -0.3 is 4.57 Å². The Labute approximate surface area is 168 Å². The number of imide groups is 1. The molecule has 4 nitrogen and oxygen atoms in total. The van der Waals surface area contributed by atoms with Crippen LogP contribution in [-0.4, -0.2) is 23.6 Å². The second-order valence-corrected chi connectivity index (χ2v) is 11.2. The third-order valence-electron chi connectivity index (χ3n) is 6.44. The third-order valence-corrected chi connectivity index (χ3v) is 10.7. The number of halogens is 1. The SMILES string of the molecule is CC1=C(Cl)C2CP(=O)(c3ccccc3)C1C1C(=O)N(c3ccccc3)C(=O)C21. The molecule has 1 aliphatic carbocycles. The molecule has 0 N–H and O–H groups in total. The minimum atomic E-state index is -2.91. The lowest BCUT2D eigenvalue weighted by Crippen LogP contribution is -2.49. The Morgan fingerprint density at radius 3 is 2.14 bits per heavy atom. The minimum Gasteiger partial charge on any atom is -0.318 e. The summed E-state index contributed by atoms with van der Waals surface area (Å²) in [6.45, 7) is 1.87. The van der Waals surface area contributed by atoms with Crippen molar-refractivity contribution in [2.75, 3.05) is 11.1 Å². The smallest absolute Gasteiger partial charge is 0.238 e. The molecule has 5 unspecified atom stereocenters. The van der Waals surface area contributed by atoms with Gasteiger partial charge in [0.25, 0.3) is 0 Å². The van der Waals surface area contributed by atoms with E-state index in [4.69, 9.17) is 11.6 Å². The van der Waals surface area contributed by atoms with Crippen LogP contribution in [-0.2, 0) is 14.2 Å². The Morgan fingerprint density at radius 1 is 0.929 bits per heavy atom. The van der Waals surface area contributed by atoms with Crippen molar-refractivity contribution in [3.8, 4) is 0 Å². The van der Waals surface area contributed by atoms with Crippen LogP contribution in [0.5, 0.6) is 0 Å². The zero-order chi connectivity index (χ0) is 19.6. The highest BCUT2D eigenvalue weighted by Gasteiger charge is 2.66. The molecule has 28 heavy (non-hydrogen) atoms. The van der Waals surface area contributed by atoms with E-state index in [-0.39, 0.29) is 17.7 Å². The van der Waals surface area contributed by atoms with Crippen molar-refractivity contribution in [1.82, 2.24) is 0 Å². The molecular formula is C22H19ClNO3P. The highest BCUT2D eigenvalue weighted by molar-refractivity contribution is 7.72. The Hall–Kier alpha value is -2.16. The van der Waals surface area contributed by atoms with Crippen molar-refractivity contribution in [2.24, 2.45) is 17.8 Å². The van der Waals surface area contributed by atoms with Crippen molar-refractivity contribution < 1.29 is 14.2 Å². The van der Waals surface area contributed by atoms with E-state index in [0.717, 1.165) is 10.9 Å². The van der Waals surface area contributed by atoms with Gasteiger partial charge in [0.1, 0.15) is 7.14 Å². The van der Waals surface area contributed by atoms with E-state index in [1.165, 1.54) is 4.90 Å². The van der Waals surface area contributed by atoms with Crippen molar-refractivity contribution >= 4 is 41.5 Å². The number of hydrogen-bond donors (Lipinski definition) is 0. The molecule has 6 rings (SSSR count). The summed E-state index contributed by atoms with van der Waals surface area (Å²) in [5.74, 6) is -1.98. The Balaban J connectivity index is 1.67. The van der Waals surface area contributed by atoms with Crippen LogP contribution in [0, 0.1) is 17.8 Å². The number of hydrogen-bond acceptors (Lipinski definition) is 3. The lowest BCUT2D eigenvalue weighted by Gasteiger charge is -2.48. The normalized spacial score (nSPS) is 34.1. The summed E-state index contributed by atoms with van der Waals surface area (Å²) in [4.78, 5) is 28.0. The molecule has 0 saturated carbocycles. The fourth-order valence-corrected chi connectivity index (χ4v) is 9.82. The Morgan fingerprint density at radius 2 is 1.50 bits per heavy atom. The van der Waals surface area contributed by atoms with E-state index in [9.17, 15) is 14.2 Å². The van der Waals surface area contributed by atoms with Gasteiger partial charge in [-0.05, 0) is 24.6 Å². The van der Waals surface area contributed by atoms with Crippen LogP contribution in [0.4, 0.5) is 5.69 Å². The molecule has 2 amide bonds. The molecule has 5 atom stereocenters. The fourth-order valence-electron chi connectivity index (χ4n) is 5.28. The lowest BCUT2D eigenvalue weighted by atomic mass is 9.74. The van der Waals surface area contributed by atoms with Gasteiger partial charge in [0, 0.05) is 22.4 Å². The number of para-hydroxylation sites is 1. The Kier molecular flexibility index (Phi) is 3.94. The van der Waals surface area contributed by atoms with Crippen molar-refractivity contribution in [3.05, 3.63) is 71.3 Å². The molecule has 0 aromatic heterocycles. The molecule has 2 bridgehead atoms. The van der Waals surface area contributed by atoms with Gasteiger partial charge in [-0.25, -0.2) is 0 Å². The fraction of sp³-hybridized carbons (Fsp3) is 0.273. The first-order valence-electron chi connectivity index (χ1n) is 9.38. The minimum absolute atomic E-state index is 0.221. The molecule has 4 aliphatic rings. The summed E-state index contributed by atoms with van der Waals surface area (Å²) in [6, 6.07) is 18.3. The number of benzene rings is 2. The van der Waals surface area contributed by atoms with Gasteiger partial charge in [-0.2, -0.15) is 0 Å². The first-order chi connectivity index (χ1) is 13.4. The summed E-state index contributed by atoms with van der Waals surface area (Å²) in [5, 5.41) is 1.38. The van der Waals surface area contributed by atoms with Crippen LogP contribution in [0.2, 0.25) is 0 Å². The number of anilines is 1. The number of rotatable bonds is 2. The van der Waals surface area contributed by atoms with Gasteiger partial charge in [-0.15, -0.1) is 0 Å². The van der Waals surface area contributed by atoms with Gasteiger partial charge in [-0.1, -0.05) is 60.1 Å². The second-order valence-electron chi connectivity index (χ2n) is 7.79. The summed E-state index contributed by atoms with van der Waals surface area (Å²) >= 11 is 6.63. The van der Waals surface area contributed by atoms with Gasteiger partial charge in [0.05, 0.1) is 23.2 Å². The van der Waals surface area contributed by atoms with Crippen LogP contribution < -0.4 is 10.2 Å². The van der Waals surface area contributed by atoms with Crippen LogP contribution in [0.3, 0.4) is 0 Å². The molecular weight excluding hydrogens is 393 g/mol. The first-order valence-corrected chi connectivity index (χ1v) is 11.7. The summed E-state index contributed by atoms with van der Waals surface area (Å²) < 4.78 is 14.2. The van der Waals surface area contributed by atoms with Gasteiger partial charge >= 0.3 is 0 Å². The zero-order valence-corrected chi connectivity index (χ0v) is 16.9. The van der Waals surface area contributed by atoms with E-state index in [1.54, 1.807) is 24.3 Å². The molecule has 0 spiro atoms. The second kappa shape index (κ2) is 6.17. The average molecular weight is 412 g/mol. The van der Waals surface area contributed by atoms with E-state index in [0.29, 0.717) is 16.9 Å². The largest absolute Gasteiger partial charge is 0.318 e. The monoisotopic (exact) mass is 411 g/mol. The van der Waals surface area contributed by atoms with Gasteiger partial charge in [0.15, 0.2) is 0 Å². The van der Waals surface area contributed by atoms with E-state index < -0.39 is 24.6 Å². The van der Waals surface area contributed by atoms with Crippen LogP contribution in [0.1, 0.15) is 6.92 Å². The standard InChI is InChI=1S/C22H19ClNO3P/c1-13-19(23)16-12-28(27,15-10-6-3-7-11-15)20(13)18-17(16)21(25)24(22(18)26)14-8-4-2-5-9-14/h2-11,16-18,20H,12H2,1H3. The van der Waals surface area contributed by atoms with E-state index in [2.05, 4.69) is 0 Å². The predicted octanol–water partition coefficient (Wildman–Crippen LogP) is 4.01. The summed E-state index contributed by atoms with van der Waals surface area (Å²) in [5.41, 5.74) is 0.861. The Bertz CT molecular complexity index is 1070. The molecule has 2 fully saturated rings. The third kappa shape index (κ3) is 2.22. The van der Waals surface area contributed by atoms with Crippen LogP contribution in [0.25, 0.3) is 0 Å². The van der Waals surface area contributed by atoms with E-state index in [1.807, 2.05) is 43.3 Å². The molecule has 3 aliphatic heterocycles. The van der Waals surface area contributed by atoms with Crippen molar-refractivity contribution in [1.29, 1.82) is 0 Å². The summed E-state index contributed by atoms with van der Waals surface area (Å²) in [7, 11) is -2.91. The highest BCUT2D eigenvalue weighted by Crippen LogP contribution is 2.69. The van der Waals surface area contributed by atoms with Gasteiger partial charge in [-0.3, -0.25) is 14.5 Å². The predicted molar refractivity (Wildman–Crippen MR) is 110 cm³/mol. The molecule has 2 aromatic rings. The molecule has 0 radical (unpaired) electrons. The maximum Gasteiger partial charge on any atom is 0.238 e. The molecule has 6 heteroatoms. The average Bonchev–Trinajstić information content (AvgIpc) is 2.98. The maximum atomic E-state index is 14.2. The zero-order valence-electron chi connectivity index (χ0n) is 15.3. The first kappa shape index (κ1) is 17.9. The topological polar surface area (TPSA) is 54.5 Å². The lowest BCUT2D eigenvalue weighted by molar-refractivity contribution is -0.122. The number of nitrogens with zero attached hydrogens (tertiary/aromatic N) is 1. The molecule has 2 aromatic carbocycles. The number of amides is 2. The molecule has 142 valence electrons. The number of allylic oxidation sites excluding steroid dienone is 2. The summed E-state index contributed by atoms with van der Waals surface area (Å²) in [6.07, 6.45) is 0.348. The number of carbonyl (C=O) groups excluding carboxylic acids is 2. The van der Waals surface area contributed by atoms with Gasteiger partial charge in [0.2, 0.25) is 11.8 Å². The van der Waals surface area contributed by atoms with Crippen molar-refractivity contribution in [3.63, 3.8) is 0 Å². The molecule has 3 heterocycles. The van der Waals surface area contributed by atoms with Crippen molar-refractivity contribution in [2.45, 2.75) is 12.6 Å². The quantitative estimate of drug-likeness (QED) is 0.554. The number of fused-ring (bicyclic) bond motifs is 1. The van der Waals surface area contributed by atoms with Crippen LogP contribution in [0.15, 0.2) is 71.3 Å². The van der Waals surface area contributed by atoms with E-state index >= 15 is 0 Å².